The average molecular weight is 483 g/mol. The lowest BCUT2D eigenvalue weighted by molar-refractivity contribution is 0.265. The molecule has 33 heavy (non-hydrogen) atoms. The Morgan fingerprint density at radius 3 is 2.58 bits per heavy atom. The molecule has 4 aromatic rings. The molecular weight excluding hydrogens is 459 g/mol. The summed E-state index contributed by atoms with van der Waals surface area (Å²) in [5.41, 5.74) is 3.46. The summed E-state index contributed by atoms with van der Waals surface area (Å²) in [7, 11) is 0. The molecular formula is C24H24ClFN6S. The molecule has 1 saturated carbocycles. The van der Waals surface area contributed by atoms with Crippen molar-refractivity contribution in [3.63, 3.8) is 0 Å². The Kier molecular flexibility index (Phi) is 5.10. The second-order valence-corrected chi connectivity index (χ2v) is 10.5. The molecule has 3 aromatic heterocycles. The first-order valence-electron chi connectivity index (χ1n) is 11.3. The lowest BCUT2D eigenvalue weighted by atomic mass is 9.82. The van der Waals surface area contributed by atoms with E-state index >= 15 is 0 Å². The van der Waals surface area contributed by atoms with Crippen LogP contribution in [0.25, 0.3) is 16.8 Å². The maximum atomic E-state index is 13.6. The molecule has 2 fully saturated rings. The predicted octanol–water partition coefficient (Wildman–Crippen LogP) is 5.36. The van der Waals surface area contributed by atoms with Crippen LogP contribution in [0.5, 0.6) is 0 Å². The van der Waals surface area contributed by atoms with Crippen molar-refractivity contribution in [2.24, 2.45) is 17.8 Å². The molecule has 1 aliphatic heterocycles. The number of nitrogens with zero attached hydrogens (tertiary/aromatic N) is 6. The maximum absolute atomic E-state index is 13.6. The predicted molar refractivity (Wildman–Crippen MR) is 128 cm³/mol. The van der Waals surface area contributed by atoms with E-state index in [1.54, 1.807) is 6.07 Å². The van der Waals surface area contributed by atoms with Crippen molar-refractivity contribution < 1.29 is 4.39 Å². The summed E-state index contributed by atoms with van der Waals surface area (Å²) in [6.45, 7) is 6.02. The van der Waals surface area contributed by atoms with Crippen molar-refractivity contribution >= 4 is 33.9 Å². The van der Waals surface area contributed by atoms with Crippen molar-refractivity contribution in [1.82, 2.24) is 24.0 Å². The van der Waals surface area contributed by atoms with Gasteiger partial charge in [-0.3, -0.25) is 0 Å². The molecule has 6 rings (SSSR count). The topological polar surface area (TPSA) is 59.2 Å². The standard InChI is InChI=1S/C24H24ClFN6S/c1-13-7-20(18-6-5-17(26)8-21(18)25)23-28-22(29-32(23)10-13)9-19-15-3-4-16(19)12-31(11-15)24-27-14(2)30-33-24/h5-8,10,15-16,19H,3-4,9,11-12H2,1-2H3/t15-,16+,19?. The van der Waals surface area contributed by atoms with E-state index in [-0.39, 0.29) is 5.82 Å². The summed E-state index contributed by atoms with van der Waals surface area (Å²) in [6, 6.07) is 6.53. The van der Waals surface area contributed by atoms with Crippen LogP contribution in [0, 0.1) is 37.4 Å². The van der Waals surface area contributed by atoms with E-state index in [2.05, 4.69) is 14.3 Å². The Bertz CT molecular complexity index is 1340. The molecule has 4 heterocycles. The molecule has 1 unspecified atom stereocenters. The lowest BCUT2D eigenvalue weighted by Crippen LogP contribution is -2.42. The van der Waals surface area contributed by atoms with Crippen LogP contribution < -0.4 is 4.90 Å². The highest BCUT2D eigenvalue weighted by molar-refractivity contribution is 7.09. The summed E-state index contributed by atoms with van der Waals surface area (Å²) in [4.78, 5) is 11.9. The second-order valence-electron chi connectivity index (χ2n) is 9.35. The first-order valence-corrected chi connectivity index (χ1v) is 12.5. The summed E-state index contributed by atoms with van der Waals surface area (Å²) in [6.07, 6.45) is 5.34. The largest absolute Gasteiger partial charge is 0.346 e. The number of hydrogen-bond acceptors (Lipinski definition) is 6. The van der Waals surface area contributed by atoms with E-state index in [0.717, 1.165) is 58.6 Å². The van der Waals surface area contributed by atoms with Crippen molar-refractivity contribution in [3.05, 3.63) is 58.5 Å². The highest BCUT2D eigenvalue weighted by Gasteiger charge is 2.43. The van der Waals surface area contributed by atoms with Crippen LogP contribution in [-0.2, 0) is 6.42 Å². The van der Waals surface area contributed by atoms with Gasteiger partial charge in [-0.25, -0.2) is 18.9 Å². The molecule has 3 atom stereocenters. The van der Waals surface area contributed by atoms with Gasteiger partial charge < -0.3 is 4.90 Å². The summed E-state index contributed by atoms with van der Waals surface area (Å²) >= 11 is 7.88. The number of pyridine rings is 1. The molecule has 9 heteroatoms. The lowest BCUT2D eigenvalue weighted by Gasteiger charge is -2.37. The van der Waals surface area contributed by atoms with Gasteiger partial charge in [-0.2, -0.15) is 9.47 Å². The van der Waals surface area contributed by atoms with Gasteiger partial charge in [-0.15, -0.1) is 0 Å². The molecule has 1 saturated heterocycles. The quantitative estimate of drug-likeness (QED) is 0.391. The molecule has 0 amide bonds. The minimum absolute atomic E-state index is 0.347. The smallest absolute Gasteiger partial charge is 0.205 e. The fourth-order valence-corrected chi connectivity index (χ4v) is 6.57. The van der Waals surface area contributed by atoms with Crippen LogP contribution >= 0.6 is 23.1 Å². The molecule has 170 valence electrons. The van der Waals surface area contributed by atoms with Crippen LogP contribution in [0.4, 0.5) is 9.52 Å². The fraction of sp³-hybridized carbons (Fsp3) is 0.417. The van der Waals surface area contributed by atoms with Gasteiger partial charge >= 0.3 is 0 Å². The zero-order chi connectivity index (χ0) is 22.7. The number of halogens is 2. The van der Waals surface area contributed by atoms with E-state index < -0.39 is 0 Å². The van der Waals surface area contributed by atoms with Gasteiger partial charge in [0.05, 0.1) is 5.02 Å². The van der Waals surface area contributed by atoms with Crippen LogP contribution in [0.3, 0.4) is 0 Å². The third kappa shape index (κ3) is 3.79. The monoisotopic (exact) mass is 482 g/mol. The van der Waals surface area contributed by atoms with Gasteiger partial charge in [0.25, 0.3) is 0 Å². The van der Waals surface area contributed by atoms with Gasteiger partial charge in [0.2, 0.25) is 5.13 Å². The molecule has 0 radical (unpaired) electrons. The van der Waals surface area contributed by atoms with E-state index in [9.17, 15) is 4.39 Å². The molecule has 0 spiro atoms. The zero-order valence-electron chi connectivity index (χ0n) is 18.5. The number of aromatic nitrogens is 5. The SMILES string of the molecule is Cc1cc(-c2ccc(F)cc2Cl)c2nc(CC3[C@@H]4CC[C@H]3CN(c3nc(C)ns3)C4)nn2c1. The number of piperidine rings is 1. The Morgan fingerprint density at radius 2 is 1.88 bits per heavy atom. The summed E-state index contributed by atoms with van der Waals surface area (Å²) in [5.74, 6) is 3.18. The minimum atomic E-state index is -0.347. The second kappa shape index (κ2) is 8.02. The first kappa shape index (κ1) is 21.0. The molecule has 1 aromatic carbocycles. The fourth-order valence-electron chi connectivity index (χ4n) is 5.61. The van der Waals surface area contributed by atoms with Crippen molar-refractivity contribution in [3.8, 4) is 11.1 Å². The van der Waals surface area contributed by atoms with E-state index in [1.807, 2.05) is 30.6 Å². The van der Waals surface area contributed by atoms with Crippen LogP contribution in [-0.4, -0.2) is 37.0 Å². The minimum Gasteiger partial charge on any atom is -0.346 e. The Morgan fingerprint density at radius 1 is 1.09 bits per heavy atom. The van der Waals surface area contributed by atoms with E-state index in [1.165, 1.54) is 36.5 Å². The average Bonchev–Trinajstić information content (AvgIpc) is 3.43. The Balaban J connectivity index is 1.29. The zero-order valence-corrected chi connectivity index (χ0v) is 20.1. The van der Waals surface area contributed by atoms with Crippen LogP contribution in [0.15, 0.2) is 30.5 Å². The van der Waals surface area contributed by atoms with Crippen LogP contribution in [0.2, 0.25) is 5.02 Å². The van der Waals surface area contributed by atoms with Crippen molar-refractivity contribution in [2.75, 3.05) is 18.0 Å². The molecule has 6 nitrogen and oxygen atoms in total. The third-order valence-electron chi connectivity index (χ3n) is 7.07. The van der Waals surface area contributed by atoms with Crippen molar-refractivity contribution in [2.45, 2.75) is 33.1 Å². The summed E-state index contributed by atoms with van der Waals surface area (Å²) in [5, 5.41) is 6.26. The maximum Gasteiger partial charge on any atom is 0.205 e. The molecule has 1 aliphatic carbocycles. The van der Waals surface area contributed by atoms with Gasteiger partial charge in [0.15, 0.2) is 11.5 Å². The Hall–Kier alpha value is -2.58. The third-order valence-corrected chi connectivity index (χ3v) is 8.25. The van der Waals surface area contributed by atoms with Gasteiger partial charge in [0, 0.05) is 48.4 Å². The van der Waals surface area contributed by atoms with Gasteiger partial charge in [-0.05, 0) is 74.3 Å². The normalized spacial score (nSPS) is 22.4. The molecule has 2 aliphatic rings. The molecule has 2 bridgehead atoms. The molecule has 0 N–H and O–H groups in total. The van der Waals surface area contributed by atoms with Crippen molar-refractivity contribution in [1.29, 1.82) is 0 Å². The highest BCUT2D eigenvalue weighted by atomic mass is 35.5. The number of hydrogen-bond donors (Lipinski definition) is 0. The number of benzene rings is 1. The van der Waals surface area contributed by atoms with Crippen LogP contribution in [0.1, 0.15) is 30.1 Å². The number of rotatable bonds is 4. The summed E-state index contributed by atoms with van der Waals surface area (Å²) < 4.78 is 19.8. The van der Waals surface area contributed by atoms with E-state index in [4.69, 9.17) is 21.7 Å². The van der Waals surface area contributed by atoms with Gasteiger partial charge in [-0.1, -0.05) is 11.6 Å². The Labute approximate surface area is 200 Å². The van der Waals surface area contributed by atoms with E-state index in [0.29, 0.717) is 22.8 Å². The number of aryl methyl sites for hydroxylation is 2. The number of anilines is 1. The van der Waals surface area contributed by atoms with Gasteiger partial charge in [0.1, 0.15) is 11.6 Å². The highest BCUT2D eigenvalue weighted by Crippen LogP contribution is 2.44. The number of fused-ring (bicyclic) bond motifs is 3. The first-order chi connectivity index (χ1) is 15.9.